The molecule has 0 spiro atoms. The van der Waals surface area contributed by atoms with Crippen molar-refractivity contribution in [3.05, 3.63) is 29.8 Å². The molecule has 0 bridgehead atoms. The third-order valence-corrected chi connectivity index (χ3v) is 4.47. The zero-order valence-corrected chi connectivity index (χ0v) is 12.5. The Hall–Kier alpha value is -1.06. The second-order valence-electron chi connectivity index (χ2n) is 6.10. The van der Waals surface area contributed by atoms with Gasteiger partial charge in [0, 0.05) is 30.6 Å². The summed E-state index contributed by atoms with van der Waals surface area (Å²) in [4.78, 5) is 2.62. The molecule has 2 aliphatic heterocycles. The molecule has 0 aromatic heterocycles. The van der Waals surface area contributed by atoms with Crippen LogP contribution in [-0.4, -0.2) is 43.7 Å². The Kier molecular flexibility index (Phi) is 4.58. The number of fused-ring (bicyclic) bond motifs is 1. The van der Waals surface area contributed by atoms with Gasteiger partial charge in [-0.25, -0.2) is 0 Å². The van der Waals surface area contributed by atoms with Gasteiger partial charge in [0.15, 0.2) is 0 Å². The summed E-state index contributed by atoms with van der Waals surface area (Å²) in [6.07, 6.45) is 3.87. The molecule has 2 unspecified atom stereocenters. The van der Waals surface area contributed by atoms with Gasteiger partial charge in [-0.1, -0.05) is 25.1 Å². The van der Waals surface area contributed by atoms with E-state index < -0.39 is 0 Å². The Morgan fingerprint density at radius 1 is 1.35 bits per heavy atom. The number of hydrogen-bond donors (Lipinski definition) is 1. The van der Waals surface area contributed by atoms with Crippen LogP contribution in [0.4, 0.5) is 0 Å². The molecular weight excluding hydrogens is 248 g/mol. The Morgan fingerprint density at radius 2 is 2.25 bits per heavy atom. The van der Waals surface area contributed by atoms with Crippen molar-refractivity contribution in [2.45, 2.75) is 38.1 Å². The van der Waals surface area contributed by atoms with E-state index in [0.29, 0.717) is 12.0 Å². The molecule has 1 fully saturated rings. The van der Waals surface area contributed by atoms with Gasteiger partial charge in [0.2, 0.25) is 0 Å². The summed E-state index contributed by atoms with van der Waals surface area (Å²) in [7, 11) is 0. The molecule has 1 aromatic rings. The predicted molar refractivity (Wildman–Crippen MR) is 82.4 cm³/mol. The number of piperidine rings is 1. The van der Waals surface area contributed by atoms with Gasteiger partial charge in [0.1, 0.15) is 5.75 Å². The molecule has 1 N–H and O–H groups in total. The molecule has 3 nitrogen and oxygen atoms in total. The fourth-order valence-electron chi connectivity index (χ4n) is 3.43. The topological polar surface area (TPSA) is 24.5 Å². The smallest absolute Gasteiger partial charge is 0.122 e. The van der Waals surface area contributed by atoms with Gasteiger partial charge in [0.25, 0.3) is 0 Å². The molecule has 2 aliphatic rings. The highest BCUT2D eigenvalue weighted by atomic mass is 16.5. The number of benzene rings is 1. The molecular formula is C17H26N2O. The number of hydrogen-bond acceptors (Lipinski definition) is 3. The maximum atomic E-state index is 5.80. The lowest BCUT2D eigenvalue weighted by Crippen LogP contribution is -2.47. The van der Waals surface area contributed by atoms with Crippen molar-refractivity contribution in [1.29, 1.82) is 0 Å². The van der Waals surface area contributed by atoms with E-state index in [1.165, 1.54) is 37.9 Å². The van der Waals surface area contributed by atoms with E-state index in [1.54, 1.807) is 0 Å². The van der Waals surface area contributed by atoms with E-state index >= 15 is 0 Å². The minimum absolute atomic E-state index is 0.552. The van der Waals surface area contributed by atoms with Crippen LogP contribution >= 0.6 is 0 Å². The van der Waals surface area contributed by atoms with E-state index in [9.17, 15) is 0 Å². The van der Waals surface area contributed by atoms with Crippen LogP contribution in [0, 0.1) is 0 Å². The standard InChI is InChI=1S/C17H26N2O/c1-2-9-18-15-6-5-10-19(12-15)11-14-13-20-17-8-4-3-7-16(14)17/h3-4,7-8,14-15,18H,2,5-6,9-13H2,1H3. The van der Waals surface area contributed by atoms with Gasteiger partial charge >= 0.3 is 0 Å². The first kappa shape index (κ1) is 13.9. The Bertz CT molecular complexity index is 435. The predicted octanol–water partition coefficient (Wildman–Crippen LogP) is 2.63. The van der Waals surface area contributed by atoms with Crippen molar-refractivity contribution in [3.8, 4) is 5.75 Å². The first-order chi connectivity index (χ1) is 9.86. The highest BCUT2D eigenvalue weighted by Crippen LogP contribution is 2.34. The molecule has 0 saturated carbocycles. The lowest BCUT2D eigenvalue weighted by molar-refractivity contribution is 0.172. The van der Waals surface area contributed by atoms with E-state index in [2.05, 4.69) is 41.4 Å². The monoisotopic (exact) mass is 274 g/mol. The fraction of sp³-hybridized carbons (Fsp3) is 0.647. The molecule has 2 atom stereocenters. The van der Waals surface area contributed by atoms with Crippen molar-refractivity contribution in [2.75, 3.05) is 32.8 Å². The number of nitrogens with zero attached hydrogens (tertiary/aromatic N) is 1. The normalized spacial score (nSPS) is 26.2. The van der Waals surface area contributed by atoms with Crippen molar-refractivity contribution in [2.24, 2.45) is 0 Å². The number of ether oxygens (including phenoxy) is 1. The quantitative estimate of drug-likeness (QED) is 0.893. The highest BCUT2D eigenvalue weighted by molar-refractivity contribution is 5.39. The highest BCUT2D eigenvalue weighted by Gasteiger charge is 2.28. The lowest BCUT2D eigenvalue weighted by atomic mass is 9.98. The third-order valence-electron chi connectivity index (χ3n) is 4.47. The van der Waals surface area contributed by atoms with Crippen LogP contribution in [-0.2, 0) is 0 Å². The molecule has 0 radical (unpaired) electrons. The fourth-order valence-corrected chi connectivity index (χ4v) is 3.43. The number of likely N-dealkylation sites (tertiary alicyclic amines) is 1. The van der Waals surface area contributed by atoms with Gasteiger partial charge < -0.3 is 15.0 Å². The largest absolute Gasteiger partial charge is 0.493 e. The number of para-hydroxylation sites is 1. The minimum atomic E-state index is 0.552. The van der Waals surface area contributed by atoms with Gasteiger partial charge in [-0.3, -0.25) is 0 Å². The second kappa shape index (κ2) is 6.59. The zero-order valence-electron chi connectivity index (χ0n) is 12.5. The molecule has 20 heavy (non-hydrogen) atoms. The summed E-state index contributed by atoms with van der Waals surface area (Å²) in [5.41, 5.74) is 1.40. The summed E-state index contributed by atoms with van der Waals surface area (Å²) in [5, 5.41) is 3.67. The summed E-state index contributed by atoms with van der Waals surface area (Å²) in [5.74, 6) is 1.64. The average molecular weight is 274 g/mol. The molecule has 2 heterocycles. The maximum Gasteiger partial charge on any atom is 0.122 e. The van der Waals surface area contributed by atoms with E-state index in [0.717, 1.165) is 25.4 Å². The zero-order chi connectivity index (χ0) is 13.8. The van der Waals surface area contributed by atoms with Crippen LogP contribution in [0.25, 0.3) is 0 Å². The average Bonchev–Trinajstić information content (AvgIpc) is 2.89. The van der Waals surface area contributed by atoms with E-state index in [-0.39, 0.29) is 0 Å². The first-order valence-corrected chi connectivity index (χ1v) is 8.04. The summed E-state index contributed by atoms with van der Waals surface area (Å²) in [6.45, 7) is 7.81. The summed E-state index contributed by atoms with van der Waals surface area (Å²) >= 11 is 0. The van der Waals surface area contributed by atoms with Crippen LogP contribution in [0.5, 0.6) is 5.75 Å². The molecule has 3 rings (SSSR count). The Morgan fingerprint density at radius 3 is 3.15 bits per heavy atom. The molecule has 0 amide bonds. The van der Waals surface area contributed by atoms with Crippen LogP contribution < -0.4 is 10.1 Å². The summed E-state index contributed by atoms with van der Waals surface area (Å²) < 4.78 is 5.80. The lowest BCUT2D eigenvalue weighted by Gasteiger charge is -2.34. The van der Waals surface area contributed by atoms with Gasteiger partial charge in [-0.15, -0.1) is 0 Å². The van der Waals surface area contributed by atoms with Crippen molar-refractivity contribution in [1.82, 2.24) is 10.2 Å². The van der Waals surface area contributed by atoms with Crippen LogP contribution in [0.1, 0.15) is 37.7 Å². The molecule has 1 saturated heterocycles. The van der Waals surface area contributed by atoms with Crippen LogP contribution in [0.3, 0.4) is 0 Å². The number of rotatable bonds is 5. The van der Waals surface area contributed by atoms with E-state index in [1.807, 2.05) is 0 Å². The SMILES string of the molecule is CCCNC1CCCN(CC2COc3ccccc32)C1. The van der Waals surface area contributed by atoms with Crippen LogP contribution in [0.15, 0.2) is 24.3 Å². The molecule has 3 heteroatoms. The Balaban J connectivity index is 1.56. The van der Waals surface area contributed by atoms with Gasteiger partial charge in [-0.05, 0) is 38.4 Å². The van der Waals surface area contributed by atoms with Crippen molar-refractivity contribution in [3.63, 3.8) is 0 Å². The van der Waals surface area contributed by atoms with Gasteiger partial charge in [-0.2, -0.15) is 0 Å². The number of nitrogens with one attached hydrogen (secondary N) is 1. The second-order valence-corrected chi connectivity index (χ2v) is 6.10. The van der Waals surface area contributed by atoms with Crippen molar-refractivity contribution >= 4 is 0 Å². The first-order valence-electron chi connectivity index (χ1n) is 8.04. The molecule has 110 valence electrons. The van der Waals surface area contributed by atoms with Crippen LogP contribution in [0.2, 0.25) is 0 Å². The molecule has 0 aliphatic carbocycles. The van der Waals surface area contributed by atoms with Gasteiger partial charge in [0.05, 0.1) is 6.61 Å². The maximum absolute atomic E-state index is 5.80. The van der Waals surface area contributed by atoms with Crippen molar-refractivity contribution < 1.29 is 4.74 Å². The minimum Gasteiger partial charge on any atom is -0.493 e. The summed E-state index contributed by atoms with van der Waals surface area (Å²) in [6, 6.07) is 9.19. The third kappa shape index (κ3) is 3.15. The van der Waals surface area contributed by atoms with E-state index in [4.69, 9.17) is 4.74 Å². The Labute approximate surface area is 122 Å². The molecule has 1 aromatic carbocycles.